The number of amides is 1. The maximum Gasteiger partial charge on any atom is 0.257 e. The van der Waals surface area contributed by atoms with E-state index in [2.05, 4.69) is 15.5 Å². The molecule has 0 spiro atoms. The SMILES string of the molecule is CS(=O)(=O)N(Cc1ccc(C(=O)Nc2nnc(-c3ccccc3)s2)cc1)c1cccc(Cl)c1Cl. The monoisotopic (exact) mass is 532 g/mol. The van der Waals surface area contributed by atoms with Crippen LogP contribution in [0.5, 0.6) is 0 Å². The molecule has 4 rings (SSSR count). The van der Waals surface area contributed by atoms with E-state index in [1.165, 1.54) is 15.6 Å². The van der Waals surface area contributed by atoms with Crippen LogP contribution >= 0.6 is 34.5 Å². The van der Waals surface area contributed by atoms with Gasteiger partial charge in [-0.1, -0.05) is 83.1 Å². The lowest BCUT2D eigenvalue weighted by Gasteiger charge is -2.24. The van der Waals surface area contributed by atoms with Gasteiger partial charge in [0.05, 0.1) is 28.5 Å². The summed E-state index contributed by atoms with van der Waals surface area (Å²) in [6.45, 7) is 0.0254. The molecule has 1 heterocycles. The van der Waals surface area contributed by atoms with Gasteiger partial charge in [-0.05, 0) is 29.8 Å². The molecule has 0 aliphatic carbocycles. The van der Waals surface area contributed by atoms with E-state index in [0.29, 0.717) is 21.3 Å². The normalized spacial score (nSPS) is 11.3. The number of hydrogen-bond acceptors (Lipinski definition) is 6. The summed E-state index contributed by atoms with van der Waals surface area (Å²) in [5.74, 6) is -0.347. The first kappa shape index (κ1) is 24.2. The van der Waals surface area contributed by atoms with Crippen molar-refractivity contribution >= 4 is 61.3 Å². The molecular formula is C23H18Cl2N4O3S2. The average Bonchev–Trinajstić information content (AvgIpc) is 3.28. The standard InChI is InChI=1S/C23H18Cl2N4O3S2/c1-34(31,32)29(19-9-5-8-18(24)20(19)25)14-15-10-12-16(13-11-15)21(30)26-23-28-27-22(33-23)17-6-3-2-4-7-17/h2-13H,14H2,1H3,(H,26,28,30). The molecule has 11 heteroatoms. The zero-order chi connectivity index (χ0) is 24.3. The number of rotatable bonds is 7. The van der Waals surface area contributed by atoms with E-state index in [-0.39, 0.29) is 28.2 Å². The lowest BCUT2D eigenvalue weighted by Crippen LogP contribution is -2.29. The Kier molecular flexibility index (Phi) is 7.18. The van der Waals surface area contributed by atoms with Crippen molar-refractivity contribution in [2.24, 2.45) is 0 Å². The van der Waals surface area contributed by atoms with Crippen LogP contribution in [-0.2, 0) is 16.6 Å². The predicted molar refractivity (Wildman–Crippen MR) is 137 cm³/mol. The Morgan fingerprint density at radius 1 is 0.971 bits per heavy atom. The third-order valence-corrected chi connectivity index (χ3v) is 7.63. The van der Waals surface area contributed by atoms with Crippen molar-refractivity contribution in [1.29, 1.82) is 0 Å². The number of carbonyl (C=O) groups is 1. The first-order chi connectivity index (χ1) is 16.2. The fourth-order valence-electron chi connectivity index (χ4n) is 3.13. The highest BCUT2D eigenvalue weighted by Gasteiger charge is 2.22. The largest absolute Gasteiger partial charge is 0.296 e. The molecule has 174 valence electrons. The number of hydrogen-bond donors (Lipinski definition) is 1. The Hall–Kier alpha value is -2.98. The van der Waals surface area contributed by atoms with E-state index in [0.717, 1.165) is 11.8 Å². The Morgan fingerprint density at radius 3 is 2.35 bits per heavy atom. The highest BCUT2D eigenvalue weighted by Crippen LogP contribution is 2.34. The van der Waals surface area contributed by atoms with Gasteiger partial charge in [-0.25, -0.2) is 8.42 Å². The number of nitrogens with one attached hydrogen (secondary N) is 1. The maximum atomic E-state index is 12.6. The summed E-state index contributed by atoms with van der Waals surface area (Å²) < 4.78 is 26.0. The van der Waals surface area contributed by atoms with Crippen molar-refractivity contribution in [3.8, 4) is 10.6 Å². The summed E-state index contributed by atoms with van der Waals surface area (Å²) in [5.41, 5.74) is 2.26. The molecule has 0 unspecified atom stereocenters. The average molecular weight is 533 g/mol. The topological polar surface area (TPSA) is 92.3 Å². The molecule has 0 radical (unpaired) electrons. The molecule has 1 aromatic heterocycles. The number of nitrogens with zero attached hydrogens (tertiary/aromatic N) is 3. The van der Waals surface area contributed by atoms with Gasteiger partial charge in [0.2, 0.25) is 15.2 Å². The zero-order valence-electron chi connectivity index (χ0n) is 17.8. The predicted octanol–water partition coefficient (Wildman–Crippen LogP) is 5.73. The number of aromatic nitrogens is 2. The van der Waals surface area contributed by atoms with Gasteiger partial charge in [0, 0.05) is 11.1 Å². The Bertz CT molecular complexity index is 1430. The van der Waals surface area contributed by atoms with Gasteiger partial charge in [-0.15, -0.1) is 10.2 Å². The van der Waals surface area contributed by atoms with Crippen molar-refractivity contribution in [2.75, 3.05) is 15.9 Å². The summed E-state index contributed by atoms with van der Waals surface area (Å²) in [6, 6.07) is 21.0. The fraction of sp³-hybridized carbons (Fsp3) is 0.0870. The van der Waals surface area contributed by atoms with E-state index in [1.54, 1.807) is 42.5 Å². The Labute approximate surface area is 211 Å². The van der Waals surface area contributed by atoms with Crippen LogP contribution in [0.2, 0.25) is 10.0 Å². The van der Waals surface area contributed by atoms with Gasteiger partial charge in [0.25, 0.3) is 5.91 Å². The van der Waals surface area contributed by atoms with Crippen molar-refractivity contribution in [2.45, 2.75) is 6.54 Å². The smallest absolute Gasteiger partial charge is 0.257 e. The van der Waals surface area contributed by atoms with E-state index < -0.39 is 10.0 Å². The van der Waals surface area contributed by atoms with Gasteiger partial charge in [-0.2, -0.15) is 0 Å². The lowest BCUT2D eigenvalue weighted by atomic mass is 10.1. The molecule has 0 saturated carbocycles. The summed E-state index contributed by atoms with van der Waals surface area (Å²) in [4.78, 5) is 12.6. The van der Waals surface area contributed by atoms with E-state index in [4.69, 9.17) is 23.2 Å². The molecule has 0 aliphatic rings. The van der Waals surface area contributed by atoms with Crippen LogP contribution in [0.25, 0.3) is 10.6 Å². The Morgan fingerprint density at radius 2 is 1.68 bits per heavy atom. The van der Waals surface area contributed by atoms with E-state index in [1.807, 2.05) is 30.3 Å². The van der Waals surface area contributed by atoms with E-state index >= 15 is 0 Å². The molecular weight excluding hydrogens is 515 g/mol. The molecule has 0 fully saturated rings. The summed E-state index contributed by atoms with van der Waals surface area (Å²) in [7, 11) is -3.65. The molecule has 0 atom stereocenters. The Balaban J connectivity index is 1.48. The molecule has 4 aromatic rings. The first-order valence-electron chi connectivity index (χ1n) is 9.93. The number of sulfonamides is 1. The van der Waals surface area contributed by atoms with Crippen LogP contribution in [0.3, 0.4) is 0 Å². The van der Waals surface area contributed by atoms with Crippen LogP contribution in [-0.4, -0.2) is 30.8 Å². The number of carbonyl (C=O) groups excluding carboxylic acids is 1. The van der Waals surface area contributed by atoms with E-state index in [9.17, 15) is 13.2 Å². The molecule has 0 saturated heterocycles. The van der Waals surface area contributed by atoms with Crippen LogP contribution in [0.1, 0.15) is 15.9 Å². The van der Waals surface area contributed by atoms with Gasteiger partial charge < -0.3 is 0 Å². The summed E-state index contributed by atoms with van der Waals surface area (Å²) in [6.07, 6.45) is 1.10. The number of benzene rings is 3. The first-order valence-corrected chi connectivity index (χ1v) is 13.4. The molecule has 1 N–H and O–H groups in total. The van der Waals surface area contributed by atoms with Gasteiger partial charge >= 0.3 is 0 Å². The second-order valence-corrected chi connectivity index (χ2v) is 10.9. The van der Waals surface area contributed by atoms with Crippen molar-refractivity contribution in [3.05, 3.63) is 94.0 Å². The van der Waals surface area contributed by atoms with Gasteiger partial charge in [0.1, 0.15) is 5.01 Å². The fourth-order valence-corrected chi connectivity index (χ4v) is 5.22. The van der Waals surface area contributed by atoms with Crippen LogP contribution in [0, 0.1) is 0 Å². The van der Waals surface area contributed by atoms with Crippen molar-refractivity contribution < 1.29 is 13.2 Å². The maximum absolute atomic E-state index is 12.6. The second-order valence-electron chi connectivity index (χ2n) is 7.27. The van der Waals surface area contributed by atoms with Crippen LogP contribution in [0.15, 0.2) is 72.8 Å². The highest BCUT2D eigenvalue weighted by molar-refractivity contribution is 7.92. The quantitative estimate of drug-likeness (QED) is 0.328. The second kappa shape index (κ2) is 10.1. The zero-order valence-corrected chi connectivity index (χ0v) is 20.9. The van der Waals surface area contributed by atoms with Crippen LogP contribution < -0.4 is 9.62 Å². The lowest BCUT2D eigenvalue weighted by molar-refractivity contribution is 0.102. The van der Waals surface area contributed by atoms with Crippen molar-refractivity contribution in [3.63, 3.8) is 0 Å². The molecule has 3 aromatic carbocycles. The molecule has 0 aliphatic heterocycles. The van der Waals surface area contributed by atoms with Crippen LogP contribution in [0.4, 0.5) is 10.8 Å². The van der Waals surface area contributed by atoms with Gasteiger partial charge in [-0.3, -0.25) is 14.4 Å². The van der Waals surface area contributed by atoms with Gasteiger partial charge in [0.15, 0.2) is 0 Å². The minimum Gasteiger partial charge on any atom is -0.296 e. The molecule has 34 heavy (non-hydrogen) atoms. The third kappa shape index (κ3) is 5.56. The third-order valence-electron chi connectivity index (χ3n) is 4.81. The minimum absolute atomic E-state index is 0.0254. The summed E-state index contributed by atoms with van der Waals surface area (Å²) in [5, 5.41) is 12.4. The molecule has 7 nitrogen and oxygen atoms in total. The van der Waals surface area contributed by atoms with Crippen molar-refractivity contribution in [1.82, 2.24) is 10.2 Å². The highest BCUT2D eigenvalue weighted by atomic mass is 35.5. The number of anilines is 2. The minimum atomic E-state index is -3.65. The summed E-state index contributed by atoms with van der Waals surface area (Å²) >= 11 is 13.6. The molecule has 1 amide bonds. The number of halogens is 2. The molecule has 0 bridgehead atoms.